The quantitative estimate of drug-likeness (QED) is 0.810. The van der Waals surface area contributed by atoms with Gasteiger partial charge in [-0.15, -0.1) is 5.10 Å². The highest BCUT2D eigenvalue weighted by Crippen LogP contribution is 2.37. The highest BCUT2D eigenvalue weighted by atomic mass is 16.5. The highest BCUT2D eigenvalue weighted by Gasteiger charge is 2.48. The Morgan fingerprint density at radius 2 is 2.22 bits per heavy atom. The predicted molar refractivity (Wildman–Crippen MR) is 85.3 cm³/mol. The number of nitrogens with zero attached hydrogens (tertiary/aromatic N) is 4. The lowest BCUT2D eigenvalue weighted by molar-refractivity contribution is -0.156. The number of hydrogen-bond acceptors (Lipinski definition) is 6. The summed E-state index contributed by atoms with van der Waals surface area (Å²) in [6.07, 6.45) is 1.75. The second kappa shape index (κ2) is 6.41. The number of carbonyl (C=O) groups is 1. The summed E-state index contributed by atoms with van der Waals surface area (Å²) in [7, 11) is 3.48. The zero-order valence-corrected chi connectivity index (χ0v) is 14.0. The maximum atomic E-state index is 11.6. The first-order valence-corrected chi connectivity index (χ1v) is 7.98. The third-order valence-electron chi connectivity index (χ3n) is 4.45. The van der Waals surface area contributed by atoms with Crippen LogP contribution in [-0.4, -0.2) is 73.1 Å². The van der Waals surface area contributed by atoms with Crippen molar-refractivity contribution in [2.24, 2.45) is 0 Å². The molecule has 2 fully saturated rings. The zero-order valence-electron chi connectivity index (χ0n) is 14.0. The van der Waals surface area contributed by atoms with Gasteiger partial charge in [0.2, 0.25) is 5.91 Å². The zero-order chi connectivity index (χ0) is 16.4. The van der Waals surface area contributed by atoms with Gasteiger partial charge in [-0.3, -0.25) is 4.79 Å². The van der Waals surface area contributed by atoms with Crippen molar-refractivity contribution < 1.29 is 14.3 Å². The molecule has 0 aliphatic carbocycles. The Kier molecular flexibility index (Phi) is 4.50. The molecule has 2 aliphatic rings. The number of carbonyl (C=O) groups excluding carboxylic acids is 1. The van der Waals surface area contributed by atoms with Crippen molar-refractivity contribution in [3.05, 3.63) is 17.8 Å². The van der Waals surface area contributed by atoms with Gasteiger partial charge in [-0.2, -0.15) is 5.10 Å². The molecular weight excluding hydrogens is 296 g/mol. The van der Waals surface area contributed by atoms with Crippen molar-refractivity contribution in [3.8, 4) is 0 Å². The molecule has 2 saturated heterocycles. The maximum Gasteiger partial charge on any atom is 0.248 e. The summed E-state index contributed by atoms with van der Waals surface area (Å²) in [4.78, 5) is 15.4. The van der Waals surface area contributed by atoms with Gasteiger partial charge in [-0.05, 0) is 25.5 Å². The summed E-state index contributed by atoms with van der Waals surface area (Å²) >= 11 is 0. The van der Waals surface area contributed by atoms with Gasteiger partial charge in [0.25, 0.3) is 0 Å². The van der Waals surface area contributed by atoms with E-state index in [0.29, 0.717) is 6.61 Å². The van der Waals surface area contributed by atoms with Crippen molar-refractivity contribution in [1.29, 1.82) is 0 Å². The number of aryl methyl sites for hydroxylation is 1. The molecule has 1 amide bonds. The van der Waals surface area contributed by atoms with Crippen LogP contribution in [0.2, 0.25) is 0 Å². The Bertz CT molecular complexity index is 555. The molecule has 1 atom stereocenters. The van der Waals surface area contributed by atoms with Crippen LogP contribution in [-0.2, 0) is 14.3 Å². The largest absolute Gasteiger partial charge is 0.371 e. The molecule has 3 heterocycles. The summed E-state index contributed by atoms with van der Waals surface area (Å²) in [6.45, 7) is 4.34. The van der Waals surface area contributed by atoms with Gasteiger partial charge in [0.05, 0.1) is 24.9 Å². The van der Waals surface area contributed by atoms with Gasteiger partial charge in [0, 0.05) is 27.1 Å². The van der Waals surface area contributed by atoms with E-state index < -0.39 is 0 Å². The fourth-order valence-corrected chi connectivity index (χ4v) is 3.04. The third kappa shape index (κ3) is 3.61. The van der Waals surface area contributed by atoms with Gasteiger partial charge >= 0.3 is 0 Å². The summed E-state index contributed by atoms with van der Waals surface area (Å²) in [5.41, 5.74) is 0.744. The number of anilines is 1. The smallest absolute Gasteiger partial charge is 0.248 e. The first-order valence-electron chi connectivity index (χ1n) is 7.98. The Balaban J connectivity index is 1.51. The molecule has 0 N–H and O–H groups in total. The standard InChI is InChI=1S/C16H24N4O3/c1-12-4-5-14(18-17-12)20-10-16(11-20)8-13(6-7-23-16)22-9-15(21)19(2)3/h4-5,13H,6-11H2,1-3H3/t13-/m1/s1. The molecule has 1 aromatic heterocycles. The summed E-state index contributed by atoms with van der Waals surface area (Å²) in [6, 6.07) is 3.95. The van der Waals surface area contributed by atoms with Crippen LogP contribution in [0.3, 0.4) is 0 Å². The number of hydrogen-bond donors (Lipinski definition) is 0. The Labute approximate surface area is 136 Å². The van der Waals surface area contributed by atoms with Crippen LogP contribution in [0.15, 0.2) is 12.1 Å². The van der Waals surface area contributed by atoms with E-state index in [-0.39, 0.29) is 24.2 Å². The van der Waals surface area contributed by atoms with E-state index in [9.17, 15) is 4.79 Å². The number of amides is 1. The molecule has 7 nitrogen and oxygen atoms in total. The van der Waals surface area contributed by atoms with E-state index in [0.717, 1.165) is 37.4 Å². The van der Waals surface area contributed by atoms with Gasteiger partial charge in [-0.25, -0.2) is 0 Å². The van der Waals surface area contributed by atoms with E-state index in [1.165, 1.54) is 0 Å². The predicted octanol–water partition coefficient (Wildman–Crippen LogP) is 0.628. The van der Waals surface area contributed by atoms with Crippen LogP contribution < -0.4 is 4.90 Å². The Hall–Kier alpha value is -1.73. The maximum absolute atomic E-state index is 11.6. The molecule has 0 radical (unpaired) electrons. The van der Waals surface area contributed by atoms with Crippen molar-refractivity contribution >= 4 is 11.7 Å². The molecule has 2 aliphatic heterocycles. The molecule has 0 unspecified atom stereocenters. The average molecular weight is 320 g/mol. The summed E-state index contributed by atoms with van der Waals surface area (Å²) in [5, 5.41) is 8.31. The Morgan fingerprint density at radius 3 is 2.87 bits per heavy atom. The van der Waals surface area contributed by atoms with Crippen LogP contribution in [0, 0.1) is 6.92 Å². The minimum absolute atomic E-state index is 0.00397. The molecule has 23 heavy (non-hydrogen) atoms. The van der Waals surface area contributed by atoms with Crippen LogP contribution in [0.25, 0.3) is 0 Å². The molecular formula is C16H24N4O3. The van der Waals surface area contributed by atoms with E-state index >= 15 is 0 Å². The van der Waals surface area contributed by atoms with E-state index in [1.807, 2.05) is 19.1 Å². The average Bonchev–Trinajstić information content (AvgIpc) is 2.51. The molecule has 7 heteroatoms. The Morgan fingerprint density at radius 1 is 1.43 bits per heavy atom. The van der Waals surface area contributed by atoms with Gasteiger partial charge in [-0.1, -0.05) is 0 Å². The summed E-state index contributed by atoms with van der Waals surface area (Å²) < 4.78 is 11.8. The summed E-state index contributed by atoms with van der Waals surface area (Å²) in [5.74, 6) is 0.881. The molecule has 1 aromatic rings. The van der Waals surface area contributed by atoms with Crippen molar-refractivity contribution in [3.63, 3.8) is 0 Å². The van der Waals surface area contributed by atoms with Gasteiger partial charge in [0.1, 0.15) is 12.2 Å². The normalized spacial score (nSPS) is 22.7. The fourth-order valence-electron chi connectivity index (χ4n) is 3.04. The molecule has 0 aromatic carbocycles. The third-order valence-corrected chi connectivity index (χ3v) is 4.45. The van der Waals surface area contributed by atoms with Crippen molar-refractivity contribution in [2.45, 2.75) is 31.5 Å². The number of likely N-dealkylation sites (N-methyl/N-ethyl adjacent to an activating group) is 1. The number of ether oxygens (including phenoxy) is 2. The van der Waals surface area contributed by atoms with Crippen molar-refractivity contribution in [2.75, 3.05) is 45.3 Å². The topological polar surface area (TPSA) is 67.8 Å². The molecule has 0 saturated carbocycles. The second-order valence-corrected chi connectivity index (χ2v) is 6.63. The van der Waals surface area contributed by atoms with Crippen LogP contribution in [0.5, 0.6) is 0 Å². The van der Waals surface area contributed by atoms with Crippen molar-refractivity contribution in [1.82, 2.24) is 15.1 Å². The molecule has 126 valence electrons. The van der Waals surface area contributed by atoms with E-state index in [4.69, 9.17) is 9.47 Å². The SMILES string of the molecule is Cc1ccc(N2CC3(C[C@H](OCC(=O)N(C)C)CCO3)C2)nn1. The highest BCUT2D eigenvalue weighted by molar-refractivity contribution is 5.76. The minimum atomic E-state index is -0.170. The molecule has 3 rings (SSSR count). The second-order valence-electron chi connectivity index (χ2n) is 6.63. The minimum Gasteiger partial charge on any atom is -0.371 e. The van der Waals surface area contributed by atoms with E-state index in [2.05, 4.69) is 15.1 Å². The molecule has 1 spiro atoms. The fraction of sp³-hybridized carbons (Fsp3) is 0.688. The van der Waals surface area contributed by atoms with E-state index in [1.54, 1.807) is 19.0 Å². The van der Waals surface area contributed by atoms with Gasteiger partial charge < -0.3 is 19.3 Å². The molecule has 0 bridgehead atoms. The lowest BCUT2D eigenvalue weighted by Crippen LogP contribution is -2.66. The monoisotopic (exact) mass is 320 g/mol. The van der Waals surface area contributed by atoms with Gasteiger partial charge in [0.15, 0.2) is 5.82 Å². The lowest BCUT2D eigenvalue weighted by Gasteiger charge is -2.53. The van der Waals surface area contributed by atoms with Crippen LogP contribution in [0.1, 0.15) is 18.5 Å². The lowest BCUT2D eigenvalue weighted by atomic mass is 9.84. The van der Waals surface area contributed by atoms with Crippen LogP contribution >= 0.6 is 0 Å². The first-order chi connectivity index (χ1) is 11.0. The van der Waals surface area contributed by atoms with Crippen LogP contribution in [0.4, 0.5) is 5.82 Å². The number of aromatic nitrogens is 2. The first kappa shape index (κ1) is 16.1. The number of rotatable bonds is 4.